The lowest BCUT2D eigenvalue weighted by Crippen LogP contribution is -2.42. The van der Waals surface area contributed by atoms with Gasteiger partial charge in [-0.1, -0.05) is 17.7 Å². The Bertz CT molecular complexity index is 680. The largest absolute Gasteiger partial charge is 0.348 e. The highest BCUT2D eigenvalue weighted by molar-refractivity contribution is 7.80. The molecule has 0 bridgehead atoms. The summed E-state index contributed by atoms with van der Waals surface area (Å²) in [5.74, 6) is 0. The second-order valence-electron chi connectivity index (χ2n) is 5.39. The Morgan fingerprint density at radius 3 is 2.90 bits per heavy atom. The summed E-state index contributed by atoms with van der Waals surface area (Å²) >= 11 is 11.7. The lowest BCUT2D eigenvalue weighted by molar-refractivity contribution is 0.276. The number of nitrogens with zero attached hydrogens (tertiary/aromatic N) is 2. The highest BCUT2D eigenvalue weighted by Gasteiger charge is 2.25. The Balaban J connectivity index is 1.75. The van der Waals surface area contributed by atoms with Crippen molar-refractivity contribution in [1.82, 2.24) is 9.47 Å². The van der Waals surface area contributed by atoms with Gasteiger partial charge in [-0.15, -0.1) is 0 Å². The van der Waals surface area contributed by atoms with Crippen molar-refractivity contribution in [3.63, 3.8) is 0 Å². The van der Waals surface area contributed by atoms with Gasteiger partial charge in [0.2, 0.25) is 0 Å². The maximum atomic E-state index is 6.16. The third-order valence-corrected chi connectivity index (χ3v) is 4.77. The molecule has 1 aromatic carbocycles. The summed E-state index contributed by atoms with van der Waals surface area (Å²) in [6.07, 6.45) is 2.12. The zero-order chi connectivity index (χ0) is 15.0. The smallest absolute Gasteiger partial charge is 0.174 e. The summed E-state index contributed by atoms with van der Waals surface area (Å²) < 4.78 is 2.28. The number of halogens is 1. The fraction of sp³-hybridized carbons (Fsp3) is 0.312. The number of benzene rings is 1. The van der Waals surface area contributed by atoms with Crippen LogP contribution in [0.4, 0.5) is 5.69 Å². The number of fused-ring (bicyclic) bond motifs is 1. The number of rotatable bonds is 1. The van der Waals surface area contributed by atoms with E-state index in [9.17, 15) is 0 Å². The van der Waals surface area contributed by atoms with Gasteiger partial charge in [-0.2, -0.15) is 0 Å². The highest BCUT2D eigenvalue weighted by Crippen LogP contribution is 2.27. The Labute approximate surface area is 135 Å². The number of thiocarbonyl (C=S) groups is 1. The normalized spacial score (nSPS) is 17.5. The molecule has 0 amide bonds. The molecule has 2 aromatic rings. The van der Waals surface area contributed by atoms with Crippen LogP contribution < -0.4 is 5.32 Å². The van der Waals surface area contributed by atoms with Crippen molar-refractivity contribution in [1.29, 1.82) is 0 Å². The van der Waals surface area contributed by atoms with Crippen molar-refractivity contribution < 1.29 is 0 Å². The van der Waals surface area contributed by atoms with Gasteiger partial charge in [0.25, 0.3) is 0 Å². The predicted molar refractivity (Wildman–Crippen MR) is 92.0 cm³/mol. The minimum absolute atomic E-state index is 0.273. The van der Waals surface area contributed by atoms with Gasteiger partial charge in [-0.25, -0.2) is 0 Å². The van der Waals surface area contributed by atoms with Crippen molar-refractivity contribution in [2.24, 2.45) is 0 Å². The average Bonchev–Trinajstić information content (AvgIpc) is 2.92. The summed E-state index contributed by atoms with van der Waals surface area (Å²) in [7, 11) is 0. The van der Waals surface area contributed by atoms with E-state index < -0.39 is 0 Å². The summed E-state index contributed by atoms with van der Waals surface area (Å²) in [6, 6.07) is 10.4. The van der Waals surface area contributed by atoms with E-state index in [1.165, 1.54) is 5.69 Å². The summed E-state index contributed by atoms with van der Waals surface area (Å²) in [6.45, 7) is 6.05. The van der Waals surface area contributed by atoms with E-state index in [0.717, 1.165) is 34.5 Å². The quantitative estimate of drug-likeness (QED) is 0.795. The zero-order valence-corrected chi connectivity index (χ0v) is 13.7. The van der Waals surface area contributed by atoms with Crippen LogP contribution in [-0.2, 0) is 6.54 Å². The maximum absolute atomic E-state index is 6.16. The number of aromatic nitrogens is 1. The minimum Gasteiger partial charge on any atom is -0.348 e. The lowest BCUT2D eigenvalue weighted by atomic mass is 10.1. The van der Waals surface area contributed by atoms with Crippen LogP contribution in [0.5, 0.6) is 0 Å². The first-order valence-electron chi connectivity index (χ1n) is 7.05. The molecule has 1 aromatic heterocycles. The molecule has 2 heterocycles. The van der Waals surface area contributed by atoms with Gasteiger partial charge in [0, 0.05) is 35.7 Å². The molecule has 0 radical (unpaired) electrons. The number of hydrogen-bond acceptors (Lipinski definition) is 1. The van der Waals surface area contributed by atoms with Crippen molar-refractivity contribution in [2.45, 2.75) is 26.4 Å². The molecule has 110 valence electrons. The van der Waals surface area contributed by atoms with E-state index in [2.05, 4.69) is 40.0 Å². The van der Waals surface area contributed by atoms with Crippen molar-refractivity contribution in [2.75, 3.05) is 11.9 Å². The number of aryl methyl sites for hydroxylation is 1. The molecule has 21 heavy (non-hydrogen) atoms. The van der Waals surface area contributed by atoms with E-state index in [-0.39, 0.29) is 6.04 Å². The number of anilines is 1. The number of hydrogen-bond donors (Lipinski definition) is 1. The van der Waals surface area contributed by atoms with Crippen molar-refractivity contribution >= 4 is 34.6 Å². The van der Waals surface area contributed by atoms with E-state index in [4.69, 9.17) is 23.8 Å². The molecule has 5 heteroatoms. The van der Waals surface area contributed by atoms with E-state index in [0.29, 0.717) is 0 Å². The first kappa shape index (κ1) is 14.4. The van der Waals surface area contributed by atoms with Gasteiger partial charge >= 0.3 is 0 Å². The van der Waals surface area contributed by atoms with Gasteiger partial charge in [0.1, 0.15) is 0 Å². The van der Waals surface area contributed by atoms with Crippen LogP contribution >= 0.6 is 23.8 Å². The molecule has 3 nitrogen and oxygen atoms in total. The van der Waals surface area contributed by atoms with Gasteiger partial charge in [0.15, 0.2) is 5.11 Å². The molecule has 3 rings (SSSR count). The first-order valence-corrected chi connectivity index (χ1v) is 7.83. The van der Waals surface area contributed by atoms with Crippen LogP contribution in [0.25, 0.3) is 0 Å². The minimum atomic E-state index is 0.273. The van der Waals surface area contributed by atoms with E-state index in [1.54, 1.807) is 0 Å². The second kappa shape index (κ2) is 5.70. The predicted octanol–water partition coefficient (Wildman–Crippen LogP) is 4.22. The molecule has 0 unspecified atom stereocenters. The molecular formula is C16H18ClN3S. The molecule has 0 fully saturated rings. The fourth-order valence-corrected chi connectivity index (χ4v) is 3.27. The highest BCUT2D eigenvalue weighted by atomic mass is 35.5. The van der Waals surface area contributed by atoms with Gasteiger partial charge in [0.05, 0.1) is 6.04 Å². The molecular weight excluding hydrogens is 302 g/mol. The Hall–Kier alpha value is -1.52. The van der Waals surface area contributed by atoms with Crippen molar-refractivity contribution in [3.8, 4) is 0 Å². The average molecular weight is 320 g/mol. The number of nitrogens with one attached hydrogen (secondary N) is 1. The fourth-order valence-electron chi connectivity index (χ4n) is 2.72. The Kier molecular flexibility index (Phi) is 3.91. The zero-order valence-electron chi connectivity index (χ0n) is 12.1. The first-order chi connectivity index (χ1) is 10.1. The molecule has 0 saturated heterocycles. The van der Waals surface area contributed by atoms with Gasteiger partial charge in [-0.05, 0) is 55.9 Å². The monoisotopic (exact) mass is 319 g/mol. The molecule has 0 saturated carbocycles. The molecule has 0 spiro atoms. The molecule has 1 atom stereocenters. The lowest BCUT2D eigenvalue weighted by Gasteiger charge is -2.36. The van der Waals surface area contributed by atoms with Crippen LogP contribution in [0, 0.1) is 6.92 Å². The molecule has 1 aliphatic rings. The molecule has 0 aliphatic carbocycles. The van der Waals surface area contributed by atoms with Gasteiger partial charge < -0.3 is 14.8 Å². The summed E-state index contributed by atoms with van der Waals surface area (Å²) in [5.41, 5.74) is 3.30. The maximum Gasteiger partial charge on any atom is 0.174 e. The molecule has 1 N–H and O–H groups in total. The summed E-state index contributed by atoms with van der Waals surface area (Å²) in [4.78, 5) is 2.22. The SMILES string of the molecule is Cc1ccc(NC(=S)N2CCn3cccc3[C@H]2C)cc1Cl. The topological polar surface area (TPSA) is 20.2 Å². The van der Waals surface area contributed by atoms with E-state index in [1.807, 2.05) is 25.1 Å². The van der Waals surface area contributed by atoms with Gasteiger partial charge in [-0.3, -0.25) is 0 Å². The molecule has 1 aliphatic heterocycles. The van der Waals surface area contributed by atoms with Crippen LogP contribution in [0.3, 0.4) is 0 Å². The van der Waals surface area contributed by atoms with Crippen LogP contribution in [0.2, 0.25) is 5.02 Å². The van der Waals surface area contributed by atoms with Crippen LogP contribution in [-0.4, -0.2) is 21.1 Å². The third-order valence-electron chi connectivity index (χ3n) is 4.03. The Morgan fingerprint density at radius 2 is 2.14 bits per heavy atom. The summed E-state index contributed by atoms with van der Waals surface area (Å²) in [5, 5.41) is 4.80. The van der Waals surface area contributed by atoms with Crippen LogP contribution in [0.1, 0.15) is 24.2 Å². The second-order valence-corrected chi connectivity index (χ2v) is 6.18. The Morgan fingerprint density at radius 1 is 1.33 bits per heavy atom. The van der Waals surface area contributed by atoms with Crippen molar-refractivity contribution in [3.05, 3.63) is 52.8 Å². The van der Waals surface area contributed by atoms with Crippen LogP contribution in [0.15, 0.2) is 36.5 Å². The third kappa shape index (κ3) is 2.78. The standard InChI is InChI=1S/C16H18ClN3S/c1-11-5-6-13(10-14(11)17)18-16(21)20-9-8-19-7-3-4-15(19)12(20)2/h3-7,10,12H,8-9H2,1-2H3,(H,18,21)/t12-/m1/s1. The van der Waals surface area contributed by atoms with E-state index >= 15 is 0 Å².